The van der Waals surface area contributed by atoms with Crippen molar-refractivity contribution in [1.82, 2.24) is 25.7 Å². The highest BCUT2D eigenvalue weighted by molar-refractivity contribution is 6.35. The lowest BCUT2D eigenvalue weighted by atomic mass is 9.82. The van der Waals surface area contributed by atoms with E-state index in [1.54, 1.807) is 35.0 Å². The minimum Gasteiger partial charge on any atom is -0.350 e. The average molecular weight is 577 g/mol. The van der Waals surface area contributed by atoms with Gasteiger partial charge in [0.15, 0.2) is 5.69 Å². The van der Waals surface area contributed by atoms with E-state index in [0.29, 0.717) is 57.9 Å². The third kappa shape index (κ3) is 6.82. The minimum absolute atomic E-state index is 0.116. The number of hydrogen-bond acceptors (Lipinski definition) is 3. The number of aromatic nitrogens is 2. The number of benzene rings is 2. The summed E-state index contributed by atoms with van der Waals surface area (Å²) in [6, 6.07) is 12.5. The van der Waals surface area contributed by atoms with Gasteiger partial charge in [-0.25, -0.2) is 9.48 Å². The molecule has 1 fully saturated rings. The molecule has 10 heteroatoms. The van der Waals surface area contributed by atoms with Gasteiger partial charge >= 0.3 is 6.03 Å². The van der Waals surface area contributed by atoms with Crippen LogP contribution in [-0.4, -0.2) is 41.4 Å². The fourth-order valence-corrected chi connectivity index (χ4v) is 5.52. The molecule has 0 atom stereocenters. The number of hydrogen-bond donors (Lipinski definition) is 3. The van der Waals surface area contributed by atoms with Crippen LogP contribution in [0, 0.1) is 18.8 Å². The Kier molecular flexibility index (Phi) is 9.58. The van der Waals surface area contributed by atoms with Gasteiger partial charge in [-0.1, -0.05) is 46.9 Å². The van der Waals surface area contributed by atoms with Gasteiger partial charge in [-0.05, 0) is 81.7 Å². The van der Waals surface area contributed by atoms with Gasteiger partial charge < -0.3 is 16.0 Å². The molecule has 0 spiro atoms. The van der Waals surface area contributed by atoms with Crippen LogP contribution < -0.4 is 16.0 Å². The molecule has 3 aromatic rings. The van der Waals surface area contributed by atoms with E-state index in [9.17, 15) is 9.59 Å². The molecule has 3 N–H and O–H groups in total. The maximum atomic E-state index is 13.3. The summed E-state index contributed by atoms with van der Waals surface area (Å²) in [7, 11) is 0. The van der Waals surface area contributed by atoms with Crippen LogP contribution in [0.1, 0.15) is 48.7 Å². The maximum absolute atomic E-state index is 13.3. The summed E-state index contributed by atoms with van der Waals surface area (Å²) in [5.41, 5.74) is 3.35. The summed E-state index contributed by atoms with van der Waals surface area (Å²) in [6.07, 6.45) is 4.06. The van der Waals surface area contributed by atoms with Crippen LogP contribution in [0.15, 0.2) is 42.5 Å². The fourth-order valence-electron chi connectivity index (χ4n) is 4.91. The van der Waals surface area contributed by atoms with Crippen molar-refractivity contribution in [2.45, 2.75) is 39.5 Å². The van der Waals surface area contributed by atoms with Crippen molar-refractivity contribution < 1.29 is 9.59 Å². The molecule has 1 aliphatic rings. The summed E-state index contributed by atoms with van der Waals surface area (Å²) in [5, 5.41) is 15.1. The highest BCUT2D eigenvalue weighted by Gasteiger charge is 2.25. The highest BCUT2D eigenvalue weighted by atomic mass is 35.5. The van der Waals surface area contributed by atoms with Gasteiger partial charge in [-0.3, -0.25) is 4.79 Å². The van der Waals surface area contributed by atoms with E-state index >= 15 is 0 Å². The summed E-state index contributed by atoms with van der Waals surface area (Å²) < 4.78 is 1.69. The lowest BCUT2D eigenvalue weighted by Gasteiger charge is -2.28. The lowest BCUT2D eigenvalue weighted by Crippen LogP contribution is -2.39. The van der Waals surface area contributed by atoms with Gasteiger partial charge in [-0.2, -0.15) is 5.10 Å². The Balaban J connectivity index is 1.47. The number of amides is 3. The summed E-state index contributed by atoms with van der Waals surface area (Å²) in [5.74, 6) is 0.638. The molecule has 0 radical (unpaired) electrons. The number of urea groups is 1. The Bertz CT molecular complexity index is 1280. The van der Waals surface area contributed by atoms with E-state index in [1.165, 1.54) is 0 Å². The summed E-state index contributed by atoms with van der Waals surface area (Å²) in [6.45, 7) is 5.67. The molecular formula is C28H32Cl3N5O2. The van der Waals surface area contributed by atoms with E-state index in [2.05, 4.69) is 16.0 Å². The predicted octanol–water partition coefficient (Wildman–Crippen LogP) is 6.66. The topological polar surface area (TPSA) is 88.1 Å². The first-order chi connectivity index (χ1) is 18.3. The van der Waals surface area contributed by atoms with E-state index in [4.69, 9.17) is 39.9 Å². The second-order valence-electron chi connectivity index (χ2n) is 9.67. The number of rotatable bonds is 8. The third-order valence-electron chi connectivity index (χ3n) is 7.00. The highest BCUT2D eigenvalue weighted by Crippen LogP contribution is 2.33. The first kappa shape index (κ1) is 28.3. The SMILES string of the molecule is CCNC(=O)NCC1CCC(CNC(=O)c2nn(-c3ccc(Cl)cc3Cl)c(-c3ccc(Cl)cc3)c2C)CC1. The zero-order valence-electron chi connectivity index (χ0n) is 21.5. The van der Waals surface area contributed by atoms with Gasteiger partial charge in [0.1, 0.15) is 0 Å². The van der Waals surface area contributed by atoms with Gasteiger partial charge in [0.25, 0.3) is 5.91 Å². The fraction of sp³-hybridized carbons (Fsp3) is 0.393. The lowest BCUT2D eigenvalue weighted by molar-refractivity contribution is 0.0935. The molecule has 38 heavy (non-hydrogen) atoms. The van der Waals surface area contributed by atoms with Crippen LogP contribution in [-0.2, 0) is 0 Å². The molecular weight excluding hydrogens is 545 g/mol. The molecule has 2 aromatic carbocycles. The molecule has 3 amide bonds. The van der Waals surface area contributed by atoms with Crippen LogP contribution in [0.25, 0.3) is 16.9 Å². The maximum Gasteiger partial charge on any atom is 0.314 e. The Morgan fingerprint density at radius 1 is 0.895 bits per heavy atom. The normalized spacial score (nSPS) is 17.2. The van der Waals surface area contributed by atoms with Crippen molar-refractivity contribution in [2.24, 2.45) is 11.8 Å². The molecule has 1 aliphatic carbocycles. The van der Waals surface area contributed by atoms with Crippen molar-refractivity contribution in [3.8, 4) is 16.9 Å². The molecule has 0 aliphatic heterocycles. The Morgan fingerprint density at radius 3 is 2.11 bits per heavy atom. The molecule has 202 valence electrons. The number of halogens is 3. The van der Waals surface area contributed by atoms with Crippen LogP contribution >= 0.6 is 34.8 Å². The monoisotopic (exact) mass is 575 g/mol. The molecule has 4 rings (SSSR count). The Hall–Kier alpha value is -2.74. The number of nitrogens with one attached hydrogen (secondary N) is 3. The van der Waals surface area contributed by atoms with Crippen LogP contribution in [0.5, 0.6) is 0 Å². The van der Waals surface area contributed by atoms with Crippen molar-refractivity contribution in [3.05, 3.63) is 68.8 Å². The second-order valence-corrected chi connectivity index (χ2v) is 11.0. The van der Waals surface area contributed by atoms with Gasteiger partial charge in [0, 0.05) is 40.8 Å². The van der Waals surface area contributed by atoms with Gasteiger partial charge in [-0.15, -0.1) is 0 Å². The van der Waals surface area contributed by atoms with E-state index in [1.807, 2.05) is 26.0 Å². The summed E-state index contributed by atoms with van der Waals surface area (Å²) >= 11 is 18.8. The average Bonchev–Trinajstić information content (AvgIpc) is 3.24. The second kappa shape index (κ2) is 12.9. The smallest absolute Gasteiger partial charge is 0.314 e. The van der Waals surface area contributed by atoms with E-state index < -0.39 is 0 Å². The molecule has 1 saturated carbocycles. The molecule has 0 bridgehead atoms. The third-order valence-corrected chi connectivity index (χ3v) is 7.79. The van der Waals surface area contributed by atoms with Crippen molar-refractivity contribution >= 4 is 46.7 Å². The minimum atomic E-state index is -0.221. The Morgan fingerprint density at radius 2 is 1.50 bits per heavy atom. The van der Waals surface area contributed by atoms with Crippen LogP contribution in [0.4, 0.5) is 4.79 Å². The largest absolute Gasteiger partial charge is 0.350 e. The first-order valence-electron chi connectivity index (χ1n) is 12.9. The molecule has 0 unspecified atom stereocenters. The predicted molar refractivity (Wildman–Crippen MR) is 154 cm³/mol. The van der Waals surface area contributed by atoms with Gasteiger partial charge in [0.05, 0.1) is 16.4 Å². The number of nitrogens with zero attached hydrogens (tertiary/aromatic N) is 2. The van der Waals surface area contributed by atoms with Crippen LogP contribution in [0.3, 0.4) is 0 Å². The molecule has 1 aromatic heterocycles. The standard InChI is InChI=1S/C28H32Cl3N5O2/c1-3-32-28(38)34-16-19-6-4-18(5-7-19)15-33-27(37)25-17(2)26(20-8-10-21(29)11-9-20)36(35-25)24-13-12-22(30)14-23(24)31/h8-14,18-19H,3-7,15-16H2,1-2H3,(H,33,37)(H2,32,34,38). The molecule has 1 heterocycles. The van der Waals surface area contributed by atoms with E-state index in [0.717, 1.165) is 42.5 Å². The van der Waals surface area contributed by atoms with E-state index in [-0.39, 0.29) is 11.9 Å². The van der Waals surface area contributed by atoms with Crippen LogP contribution in [0.2, 0.25) is 15.1 Å². The number of carbonyl (C=O) groups is 2. The summed E-state index contributed by atoms with van der Waals surface area (Å²) in [4.78, 5) is 25.0. The molecule has 7 nitrogen and oxygen atoms in total. The van der Waals surface area contributed by atoms with Crippen molar-refractivity contribution in [1.29, 1.82) is 0 Å². The zero-order chi connectivity index (χ0) is 27.2. The Labute approximate surface area is 238 Å². The van der Waals surface area contributed by atoms with Crippen molar-refractivity contribution in [2.75, 3.05) is 19.6 Å². The zero-order valence-corrected chi connectivity index (χ0v) is 23.8. The van der Waals surface area contributed by atoms with Crippen molar-refractivity contribution in [3.63, 3.8) is 0 Å². The first-order valence-corrected chi connectivity index (χ1v) is 14.0. The quantitative estimate of drug-likeness (QED) is 0.280. The molecule has 0 saturated heterocycles. The van der Waals surface area contributed by atoms with Gasteiger partial charge in [0.2, 0.25) is 0 Å². The number of carbonyl (C=O) groups excluding carboxylic acids is 2.